The summed E-state index contributed by atoms with van der Waals surface area (Å²) in [4.78, 5) is 24.5. The third-order valence-corrected chi connectivity index (χ3v) is 5.36. The number of carbonyl (C=O) groups is 2. The molecule has 0 saturated heterocycles. The van der Waals surface area contributed by atoms with E-state index in [1.165, 1.54) is 12.5 Å². The first-order chi connectivity index (χ1) is 14.0. The second kappa shape index (κ2) is 9.67. The molecule has 1 saturated carbocycles. The second-order valence-electron chi connectivity index (χ2n) is 7.54. The Balaban J connectivity index is 1.57. The molecule has 1 aliphatic carbocycles. The van der Waals surface area contributed by atoms with E-state index in [0.717, 1.165) is 19.3 Å². The van der Waals surface area contributed by atoms with Crippen LogP contribution in [0.3, 0.4) is 0 Å². The van der Waals surface area contributed by atoms with Gasteiger partial charge < -0.3 is 24.3 Å². The Morgan fingerprint density at radius 2 is 1.97 bits per heavy atom. The third-order valence-electron chi connectivity index (χ3n) is 5.36. The molecule has 1 aromatic carbocycles. The van der Waals surface area contributed by atoms with Crippen molar-refractivity contribution in [2.24, 2.45) is 5.92 Å². The predicted octanol–water partition coefficient (Wildman–Crippen LogP) is 3.11. The Bertz CT molecular complexity index is 758. The molecule has 0 aromatic heterocycles. The highest BCUT2D eigenvalue weighted by Gasteiger charge is 2.26. The van der Waals surface area contributed by atoms with Gasteiger partial charge in [0.05, 0.1) is 7.11 Å². The Kier molecular flexibility index (Phi) is 7.01. The topological polar surface area (TPSA) is 83.1 Å². The van der Waals surface area contributed by atoms with Crippen molar-refractivity contribution in [3.05, 3.63) is 23.8 Å². The maximum absolute atomic E-state index is 12.4. The molecule has 3 rings (SSSR count). The lowest BCUT2D eigenvalue weighted by atomic mass is 9.86. The van der Waals surface area contributed by atoms with Crippen molar-refractivity contribution in [1.82, 2.24) is 5.32 Å². The summed E-state index contributed by atoms with van der Waals surface area (Å²) in [6.45, 7) is 4.65. The standard InChI is InChI=1S/C22H29NO6/c1-14-6-4-5-7-17(14)23-22(25)15(2)29-20(24)9-8-16-12-18(26-3)21-19(13-16)27-10-11-28-21/h8-9,12-15,17H,4-7,10-11H2,1-3H3,(H,23,25)/b9-8+/t14-,15-,17+/m1/s1. The molecule has 0 unspecified atom stereocenters. The molecule has 1 fully saturated rings. The number of hydrogen-bond acceptors (Lipinski definition) is 6. The lowest BCUT2D eigenvalue weighted by Gasteiger charge is -2.30. The molecule has 0 bridgehead atoms. The maximum atomic E-state index is 12.4. The van der Waals surface area contributed by atoms with E-state index in [1.54, 1.807) is 32.2 Å². The molecule has 158 valence electrons. The highest BCUT2D eigenvalue weighted by molar-refractivity contribution is 5.90. The van der Waals surface area contributed by atoms with Gasteiger partial charge in [-0.2, -0.15) is 0 Å². The van der Waals surface area contributed by atoms with Crippen LogP contribution in [0.1, 0.15) is 45.1 Å². The normalized spacial score (nSPS) is 22.0. The average molecular weight is 403 g/mol. The van der Waals surface area contributed by atoms with Crippen molar-refractivity contribution in [1.29, 1.82) is 0 Å². The van der Waals surface area contributed by atoms with Gasteiger partial charge in [-0.1, -0.05) is 19.8 Å². The molecule has 0 spiro atoms. The first-order valence-corrected chi connectivity index (χ1v) is 10.1. The van der Waals surface area contributed by atoms with Crippen LogP contribution in [-0.2, 0) is 14.3 Å². The highest BCUT2D eigenvalue weighted by atomic mass is 16.6. The number of carbonyl (C=O) groups excluding carboxylic acids is 2. The van der Waals surface area contributed by atoms with Crippen molar-refractivity contribution < 1.29 is 28.5 Å². The average Bonchev–Trinajstić information content (AvgIpc) is 2.73. The van der Waals surface area contributed by atoms with Gasteiger partial charge in [0.1, 0.15) is 13.2 Å². The monoisotopic (exact) mass is 403 g/mol. The van der Waals surface area contributed by atoms with Crippen molar-refractivity contribution in [3.63, 3.8) is 0 Å². The molecular weight excluding hydrogens is 374 g/mol. The molecule has 7 nitrogen and oxygen atoms in total. The zero-order chi connectivity index (χ0) is 20.8. The molecule has 0 radical (unpaired) electrons. The molecule has 1 aromatic rings. The van der Waals surface area contributed by atoms with Gasteiger partial charge in [-0.15, -0.1) is 0 Å². The fourth-order valence-electron chi connectivity index (χ4n) is 3.65. The van der Waals surface area contributed by atoms with E-state index in [0.29, 0.717) is 41.9 Å². The highest BCUT2D eigenvalue weighted by Crippen LogP contribution is 2.40. The maximum Gasteiger partial charge on any atom is 0.331 e. The van der Waals surface area contributed by atoms with Crippen LogP contribution < -0.4 is 19.5 Å². The van der Waals surface area contributed by atoms with Gasteiger partial charge in [0, 0.05) is 12.1 Å². The molecule has 1 amide bonds. The van der Waals surface area contributed by atoms with Crippen molar-refractivity contribution in [2.45, 2.75) is 51.7 Å². The van der Waals surface area contributed by atoms with E-state index in [9.17, 15) is 9.59 Å². The van der Waals surface area contributed by atoms with E-state index in [-0.39, 0.29) is 11.9 Å². The zero-order valence-corrected chi connectivity index (χ0v) is 17.2. The Morgan fingerprint density at radius 1 is 1.21 bits per heavy atom. The van der Waals surface area contributed by atoms with Gasteiger partial charge in [-0.3, -0.25) is 4.79 Å². The summed E-state index contributed by atoms with van der Waals surface area (Å²) in [5, 5.41) is 3.01. The van der Waals surface area contributed by atoms with Gasteiger partial charge in [-0.25, -0.2) is 4.79 Å². The molecule has 29 heavy (non-hydrogen) atoms. The fourth-order valence-corrected chi connectivity index (χ4v) is 3.65. The summed E-state index contributed by atoms with van der Waals surface area (Å²) in [6.07, 6.45) is 6.43. The lowest BCUT2D eigenvalue weighted by molar-refractivity contribution is -0.150. The van der Waals surface area contributed by atoms with Crippen LogP contribution in [-0.4, -0.2) is 44.3 Å². The summed E-state index contributed by atoms with van der Waals surface area (Å²) in [6, 6.07) is 3.66. The van der Waals surface area contributed by atoms with Crippen LogP contribution in [0.2, 0.25) is 0 Å². The van der Waals surface area contributed by atoms with E-state index >= 15 is 0 Å². The third kappa shape index (κ3) is 5.43. The largest absolute Gasteiger partial charge is 0.493 e. The summed E-state index contributed by atoms with van der Waals surface area (Å²) in [7, 11) is 1.54. The second-order valence-corrected chi connectivity index (χ2v) is 7.54. The number of rotatable bonds is 6. The Morgan fingerprint density at radius 3 is 2.72 bits per heavy atom. The molecule has 1 heterocycles. The minimum absolute atomic E-state index is 0.151. The van der Waals surface area contributed by atoms with E-state index in [4.69, 9.17) is 18.9 Å². The zero-order valence-electron chi connectivity index (χ0n) is 17.2. The Hall–Kier alpha value is -2.70. The van der Waals surface area contributed by atoms with Crippen molar-refractivity contribution in [3.8, 4) is 17.2 Å². The first-order valence-electron chi connectivity index (χ1n) is 10.1. The van der Waals surface area contributed by atoms with E-state index < -0.39 is 12.1 Å². The minimum atomic E-state index is -0.851. The van der Waals surface area contributed by atoms with E-state index in [1.807, 2.05) is 0 Å². The lowest BCUT2D eigenvalue weighted by Crippen LogP contribution is -2.45. The van der Waals surface area contributed by atoms with E-state index in [2.05, 4.69) is 12.2 Å². The number of hydrogen-bond donors (Lipinski definition) is 1. The van der Waals surface area contributed by atoms with Crippen molar-refractivity contribution >= 4 is 18.0 Å². The number of benzene rings is 1. The fraction of sp³-hybridized carbons (Fsp3) is 0.545. The summed E-state index contributed by atoms with van der Waals surface area (Å²) in [5.74, 6) is 1.26. The molecule has 2 aliphatic rings. The van der Waals surface area contributed by atoms with Crippen LogP contribution in [0.15, 0.2) is 18.2 Å². The predicted molar refractivity (Wildman–Crippen MR) is 108 cm³/mol. The number of amides is 1. The number of ether oxygens (including phenoxy) is 4. The number of nitrogens with one attached hydrogen (secondary N) is 1. The molecule has 1 N–H and O–H groups in total. The number of fused-ring (bicyclic) bond motifs is 1. The Labute approximate surface area is 171 Å². The van der Waals surface area contributed by atoms with Crippen LogP contribution in [0.25, 0.3) is 6.08 Å². The van der Waals surface area contributed by atoms with Crippen LogP contribution in [0, 0.1) is 5.92 Å². The number of esters is 1. The van der Waals surface area contributed by atoms with Gasteiger partial charge >= 0.3 is 5.97 Å². The van der Waals surface area contributed by atoms with Gasteiger partial charge in [0.15, 0.2) is 17.6 Å². The first kappa shape index (κ1) is 21.0. The summed E-state index contributed by atoms with van der Waals surface area (Å²) in [5.41, 5.74) is 0.705. The van der Waals surface area contributed by atoms with Crippen LogP contribution in [0.4, 0.5) is 0 Å². The molecular formula is C22H29NO6. The molecule has 7 heteroatoms. The quantitative estimate of drug-likeness (QED) is 0.581. The van der Waals surface area contributed by atoms with Gasteiger partial charge in [-0.05, 0) is 49.5 Å². The van der Waals surface area contributed by atoms with Crippen LogP contribution >= 0.6 is 0 Å². The van der Waals surface area contributed by atoms with Crippen molar-refractivity contribution in [2.75, 3.05) is 20.3 Å². The summed E-state index contributed by atoms with van der Waals surface area (Å²) < 4.78 is 21.7. The van der Waals surface area contributed by atoms with Gasteiger partial charge in [0.2, 0.25) is 5.75 Å². The summed E-state index contributed by atoms with van der Waals surface area (Å²) >= 11 is 0. The SMILES string of the molecule is COc1cc(/C=C/C(=O)O[C@H](C)C(=O)N[C@H]2CCCC[C@H]2C)cc2c1OCCO2. The number of methoxy groups -OCH3 is 1. The van der Waals surface area contributed by atoms with Gasteiger partial charge in [0.25, 0.3) is 5.91 Å². The smallest absolute Gasteiger partial charge is 0.331 e. The molecule has 3 atom stereocenters. The minimum Gasteiger partial charge on any atom is -0.493 e. The van der Waals surface area contributed by atoms with Crippen LogP contribution in [0.5, 0.6) is 17.2 Å². The molecule has 1 aliphatic heterocycles.